The molecule has 1 aromatic heterocycles. The van der Waals surface area contributed by atoms with Crippen molar-refractivity contribution in [2.24, 2.45) is 5.10 Å². The summed E-state index contributed by atoms with van der Waals surface area (Å²) >= 11 is 7.13. The second-order valence-electron chi connectivity index (χ2n) is 9.43. The summed E-state index contributed by atoms with van der Waals surface area (Å²) in [7, 11) is 0. The first-order chi connectivity index (χ1) is 19.4. The molecule has 3 aromatic carbocycles. The number of aromatic amines is 1. The third-order valence-electron chi connectivity index (χ3n) is 7.06. The van der Waals surface area contributed by atoms with Gasteiger partial charge >= 0.3 is 5.85 Å². The molecule has 10 nitrogen and oxygen atoms in total. The van der Waals surface area contributed by atoms with Crippen LogP contribution in [0.2, 0.25) is 5.02 Å². The molecule has 1 fully saturated rings. The number of aromatic nitrogens is 2. The van der Waals surface area contributed by atoms with Gasteiger partial charge in [0.25, 0.3) is 10.9 Å². The van der Waals surface area contributed by atoms with Crippen LogP contribution in [0.15, 0.2) is 89.0 Å². The van der Waals surface area contributed by atoms with Gasteiger partial charge in [-0.05, 0) is 41.6 Å². The minimum Gasteiger partial charge on any atom is -0.444 e. The Balaban J connectivity index is 1.35. The van der Waals surface area contributed by atoms with Gasteiger partial charge < -0.3 is 4.74 Å². The molecule has 3 aliphatic heterocycles. The Hall–Kier alpha value is -4.61. The Labute approximate surface area is 236 Å². The summed E-state index contributed by atoms with van der Waals surface area (Å²) in [6, 6.07) is 21.3. The SMILES string of the molecule is O=C1NC2(Oc3ccccc3C3CC(c4ccc(Cl)cc4)=NN32)C(=Cc2cn[nH]c2-c2cccc([N+](=O)[O-])c2)S1. The molecule has 0 saturated carbocycles. The first kappa shape index (κ1) is 24.4. The van der Waals surface area contributed by atoms with E-state index in [1.807, 2.05) is 53.5 Å². The van der Waals surface area contributed by atoms with Crippen LogP contribution in [0.25, 0.3) is 17.3 Å². The number of hydrogen-bond acceptors (Lipinski definition) is 8. The summed E-state index contributed by atoms with van der Waals surface area (Å²) < 4.78 is 6.58. The maximum absolute atomic E-state index is 13.0. The monoisotopic (exact) mass is 570 g/mol. The fraction of sp³-hybridized carbons (Fsp3) is 0.107. The summed E-state index contributed by atoms with van der Waals surface area (Å²) in [5, 5.41) is 28.6. The molecule has 1 amide bonds. The van der Waals surface area contributed by atoms with E-state index in [1.54, 1.807) is 24.4 Å². The highest BCUT2D eigenvalue weighted by Crippen LogP contribution is 2.53. The van der Waals surface area contributed by atoms with Crippen molar-refractivity contribution in [1.29, 1.82) is 0 Å². The number of nitro benzene ring substituents is 1. The summed E-state index contributed by atoms with van der Waals surface area (Å²) in [4.78, 5) is 24.4. The zero-order valence-corrected chi connectivity index (χ0v) is 22.1. The lowest BCUT2D eigenvalue weighted by molar-refractivity contribution is -0.384. The summed E-state index contributed by atoms with van der Waals surface area (Å²) in [5.74, 6) is -0.747. The van der Waals surface area contributed by atoms with E-state index in [0.717, 1.165) is 28.6 Å². The van der Waals surface area contributed by atoms with Crippen molar-refractivity contribution in [2.45, 2.75) is 18.3 Å². The second kappa shape index (κ2) is 9.25. The standard InChI is InChI=1S/C28H19ClN6O4S/c29-19-10-8-16(9-11-19)22-14-23-21-6-1-2-7-24(21)39-28(34(23)33-22)25(40-27(36)31-28)13-18-15-30-32-26(18)17-4-3-5-20(12-17)35(37)38/h1-13,15,23H,14H2,(H,30,32)(H,31,36). The highest BCUT2D eigenvalue weighted by molar-refractivity contribution is 8.17. The number of amides is 1. The van der Waals surface area contributed by atoms with Crippen LogP contribution in [0.4, 0.5) is 10.5 Å². The van der Waals surface area contributed by atoms with Crippen molar-refractivity contribution in [3.63, 3.8) is 0 Å². The zero-order chi connectivity index (χ0) is 27.4. The number of nitrogens with one attached hydrogen (secondary N) is 2. The minimum absolute atomic E-state index is 0.0366. The van der Waals surface area contributed by atoms with E-state index in [2.05, 4.69) is 15.5 Å². The number of para-hydroxylation sites is 1. The highest BCUT2D eigenvalue weighted by atomic mass is 35.5. The molecule has 1 saturated heterocycles. The van der Waals surface area contributed by atoms with Gasteiger partial charge in [-0.25, -0.2) is 5.01 Å². The molecule has 0 bridgehead atoms. The summed E-state index contributed by atoms with van der Waals surface area (Å²) in [6.45, 7) is 0. The fourth-order valence-corrected chi connectivity index (χ4v) is 6.26. The van der Waals surface area contributed by atoms with Crippen molar-refractivity contribution in [2.75, 3.05) is 0 Å². The molecule has 1 spiro atoms. The number of halogens is 1. The highest BCUT2D eigenvalue weighted by Gasteiger charge is 2.58. The van der Waals surface area contributed by atoms with Crippen LogP contribution < -0.4 is 10.1 Å². The topological polar surface area (TPSA) is 126 Å². The fourth-order valence-electron chi connectivity index (χ4n) is 5.23. The summed E-state index contributed by atoms with van der Waals surface area (Å²) in [6.07, 6.45) is 4.02. The predicted octanol–water partition coefficient (Wildman–Crippen LogP) is 6.33. The van der Waals surface area contributed by atoms with E-state index in [1.165, 1.54) is 12.1 Å². The lowest BCUT2D eigenvalue weighted by Gasteiger charge is -2.45. The number of fused-ring (bicyclic) bond motifs is 4. The number of nitro groups is 1. The second-order valence-corrected chi connectivity index (χ2v) is 10.9. The Morgan fingerprint density at radius 1 is 1.12 bits per heavy atom. The number of benzene rings is 3. The smallest absolute Gasteiger partial charge is 0.314 e. The van der Waals surface area contributed by atoms with E-state index < -0.39 is 10.8 Å². The van der Waals surface area contributed by atoms with E-state index in [9.17, 15) is 14.9 Å². The zero-order valence-electron chi connectivity index (χ0n) is 20.6. The van der Waals surface area contributed by atoms with Gasteiger partial charge in [0, 0.05) is 40.3 Å². The van der Waals surface area contributed by atoms with Crippen molar-refractivity contribution >= 4 is 46.1 Å². The lowest BCUT2D eigenvalue weighted by Crippen LogP contribution is -2.61. The molecule has 2 atom stereocenters. The van der Waals surface area contributed by atoms with Gasteiger partial charge in [0.15, 0.2) is 0 Å². The molecule has 198 valence electrons. The Morgan fingerprint density at radius 2 is 1.95 bits per heavy atom. The average Bonchev–Trinajstić information content (AvgIpc) is 3.68. The van der Waals surface area contributed by atoms with Gasteiger partial charge in [-0.2, -0.15) is 10.2 Å². The van der Waals surface area contributed by atoms with Crippen LogP contribution in [-0.2, 0) is 0 Å². The number of hydrazone groups is 1. The number of H-pyrrole nitrogens is 1. The number of hydrogen-bond donors (Lipinski definition) is 2. The largest absolute Gasteiger partial charge is 0.444 e. The Kier molecular flexibility index (Phi) is 5.65. The number of ether oxygens (including phenoxy) is 1. The van der Waals surface area contributed by atoms with Gasteiger partial charge in [-0.15, -0.1) is 0 Å². The number of non-ortho nitro benzene ring substituents is 1. The van der Waals surface area contributed by atoms with E-state index in [4.69, 9.17) is 21.4 Å². The number of thioether (sulfide) groups is 1. The number of carbonyl (C=O) groups excluding carboxylic acids is 1. The summed E-state index contributed by atoms with van der Waals surface area (Å²) in [5.41, 5.74) is 4.50. The quantitative estimate of drug-likeness (QED) is 0.217. The molecule has 0 aliphatic carbocycles. The number of nitrogens with zero attached hydrogens (tertiary/aromatic N) is 4. The van der Waals surface area contributed by atoms with Crippen LogP contribution in [0.3, 0.4) is 0 Å². The molecule has 7 rings (SSSR count). The van der Waals surface area contributed by atoms with Crippen molar-refractivity contribution < 1.29 is 14.5 Å². The van der Waals surface area contributed by atoms with Gasteiger partial charge in [-0.3, -0.25) is 25.3 Å². The van der Waals surface area contributed by atoms with Crippen LogP contribution in [0, 0.1) is 10.1 Å². The molecular formula is C28H19ClN6O4S. The third kappa shape index (κ3) is 3.93. The average molecular weight is 571 g/mol. The van der Waals surface area contributed by atoms with E-state index in [0.29, 0.717) is 38.9 Å². The Morgan fingerprint density at radius 3 is 2.77 bits per heavy atom. The third-order valence-corrected chi connectivity index (χ3v) is 8.21. The minimum atomic E-state index is -1.40. The maximum atomic E-state index is 13.0. The van der Waals surface area contributed by atoms with Gasteiger partial charge in [0.2, 0.25) is 0 Å². The van der Waals surface area contributed by atoms with E-state index >= 15 is 0 Å². The van der Waals surface area contributed by atoms with Crippen molar-refractivity contribution in [3.05, 3.63) is 116 Å². The molecular weight excluding hydrogens is 552 g/mol. The van der Waals surface area contributed by atoms with E-state index in [-0.39, 0.29) is 17.0 Å². The molecule has 2 unspecified atom stereocenters. The maximum Gasteiger partial charge on any atom is 0.314 e. The molecule has 4 heterocycles. The molecule has 2 N–H and O–H groups in total. The van der Waals surface area contributed by atoms with Gasteiger partial charge in [0.05, 0.1) is 33.5 Å². The van der Waals surface area contributed by atoms with Crippen LogP contribution in [0.1, 0.15) is 29.2 Å². The number of rotatable bonds is 4. The van der Waals surface area contributed by atoms with Crippen LogP contribution >= 0.6 is 23.4 Å². The molecule has 40 heavy (non-hydrogen) atoms. The van der Waals surface area contributed by atoms with Crippen molar-refractivity contribution in [1.82, 2.24) is 20.5 Å². The predicted molar refractivity (Wildman–Crippen MR) is 152 cm³/mol. The molecule has 4 aromatic rings. The number of carbonyl (C=O) groups is 1. The lowest BCUT2D eigenvalue weighted by atomic mass is 9.95. The Bertz CT molecular complexity index is 1750. The first-order valence-corrected chi connectivity index (χ1v) is 13.5. The van der Waals surface area contributed by atoms with Crippen LogP contribution in [0.5, 0.6) is 5.75 Å². The van der Waals surface area contributed by atoms with Crippen molar-refractivity contribution in [3.8, 4) is 17.0 Å². The van der Waals surface area contributed by atoms with Gasteiger partial charge in [0.1, 0.15) is 5.75 Å². The first-order valence-electron chi connectivity index (χ1n) is 12.3. The molecule has 12 heteroatoms. The van der Waals surface area contributed by atoms with Gasteiger partial charge in [-0.1, -0.05) is 54.1 Å². The normalized spacial score (nSPS) is 22.1. The molecule has 3 aliphatic rings. The van der Waals surface area contributed by atoms with Crippen LogP contribution in [-0.4, -0.2) is 36.9 Å². The molecule has 0 radical (unpaired) electrons.